The summed E-state index contributed by atoms with van der Waals surface area (Å²) in [6, 6.07) is 0. The van der Waals surface area contributed by atoms with Crippen molar-refractivity contribution in [3.63, 3.8) is 0 Å². The minimum atomic E-state index is 0.145. The predicted octanol–water partition coefficient (Wildman–Crippen LogP) is 3.46. The van der Waals surface area contributed by atoms with Gasteiger partial charge < -0.3 is 10.1 Å². The van der Waals surface area contributed by atoms with E-state index in [4.69, 9.17) is 4.74 Å². The number of hydrogen-bond acceptors (Lipinski definition) is 4. The first-order valence-electron chi connectivity index (χ1n) is 6.72. The molecule has 0 spiro atoms. The second kappa shape index (κ2) is 6.57. The third kappa shape index (κ3) is 3.59. The van der Waals surface area contributed by atoms with Gasteiger partial charge >= 0.3 is 0 Å². The Morgan fingerprint density at radius 1 is 1.17 bits per heavy atom. The lowest BCUT2D eigenvalue weighted by Crippen LogP contribution is -2.21. The topological polar surface area (TPSA) is 47.0 Å². The van der Waals surface area contributed by atoms with Crippen molar-refractivity contribution in [1.82, 2.24) is 9.97 Å². The first-order valence-corrected chi connectivity index (χ1v) is 6.72. The molecular formula is C14H25N3O. The van der Waals surface area contributed by atoms with Crippen LogP contribution in [0.1, 0.15) is 53.0 Å². The maximum absolute atomic E-state index is 5.96. The summed E-state index contributed by atoms with van der Waals surface area (Å²) >= 11 is 0. The third-order valence-corrected chi connectivity index (χ3v) is 3.01. The molecule has 18 heavy (non-hydrogen) atoms. The van der Waals surface area contributed by atoms with Crippen LogP contribution in [0.4, 0.5) is 5.82 Å². The van der Waals surface area contributed by atoms with Crippen molar-refractivity contribution in [3.05, 3.63) is 11.9 Å². The Bertz CT molecular complexity index is 377. The highest BCUT2D eigenvalue weighted by atomic mass is 16.5. The molecule has 1 unspecified atom stereocenters. The summed E-state index contributed by atoms with van der Waals surface area (Å²) in [6.45, 7) is 13.5. The molecule has 1 N–H and O–H groups in total. The monoisotopic (exact) mass is 251 g/mol. The molecule has 1 atom stereocenters. The highest BCUT2D eigenvalue weighted by Gasteiger charge is 2.18. The molecule has 4 heteroatoms. The predicted molar refractivity (Wildman–Crippen MR) is 75.2 cm³/mol. The number of aromatic nitrogens is 2. The highest BCUT2D eigenvalue weighted by Crippen LogP contribution is 2.31. The maximum atomic E-state index is 5.96. The van der Waals surface area contributed by atoms with Gasteiger partial charge in [0.05, 0.1) is 11.7 Å². The fraction of sp³-hybridized carbons (Fsp3) is 0.714. The Kier molecular flexibility index (Phi) is 5.38. The Hall–Kier alpha value is -1.32. The van der Waals surface area contributed by atoms with E-state index in [9.17, 15) is 0 Å². The molecule has 1 rings (SSSR count). The van der Waals surface area contributed by atoms with Gasteiger partial charge in [0.15, 0.2) is 0 Å². The van der Waals surface area contributed by atoms with Gasteiger partial charge in [-0.3, -0.25) is 0 Å². The van der Waals surface area contributed by atoms with E-state index in [2.05, 4.69) is 56.8 Å². The Labute approximate surface area is 110 Å². The van der Waals surface area contributed by atoms with E-state index in [1.165, 1.54) is 0 Å². The molecule has 1 aromatic rings. The summed E-state index contributed by atoms with van der Waals surface area (Å²) in [7, 11) is 0. The van der Waals surface area contributed by atoms with Crippen LogP contribution in [0, 0.1) is 5.92 Å². The molecule has 102 valence electrons. The van der Waals surface area contributed by atoms with Crippen molar-refractivity contribution in [3.8, 4) is 5.88 Å². The van der Waals surface area contributed by atoms with Crippen LogP contribution in [0.2, 0.25) is 0 Å². The molecule has 1 aromatic heterocycles. The lowest BCUT2D eigenvalue weighted by atomic mass is 10.0. The Balaban J connectivity index is 3.06. The molecule has 0 amide bonds. The van der Waals surface area contributed by atoms with E-state index in [0.29, 0.717) is 17.7 Å². The molecule has 4 nitrogen and oxygen atoms in total. The molecule has 0 aliphatic rings. The normalized spacial score (nSPS) is 12.9. The van der Waals surface area contributed by atoms with Gasteiger partial charge in [0.25, 0.3) is 0 Å². The van der Waals surface area contributed by atoms with E-state index >= 15 is 0 Å². The van der Waals surface area contributed by atoms with Crippen molar-refractivity contribution in [2.24, 2.45) is 5.92 Å². The number of nitrogens with one attached hydrogen (secondary N) is 1. The van der Waals surface area contributed by atoms with Crippen LogP contribution in [-0.2, 0) is 0 Å². The zero-order valence-corrected chi connectivity index (χ0v) is 12.3. The van der Waals surface area contributed by atoms with Gasteiger partial charge in [-0.1, -0.05) is 27.7 Å². The first kappa shape index (κ1) is 14.7. The number of rotatable bonds is 6. The molecule has 0 saturated heterocycles. The fourth-order valence-electron chi connectivity index (χ4n) is 1.61. The van der Waals surface area contributed by atoms with Crippen LogP contribution in [0.5, 0.6) is 5.88 Å². The van der Waals surface area contributed by atoms with E-state index in [1.54, 1.807) is 6.33 Å². The Morgan fingerprint density at radius 3 is 2.33 bits per heavy atom. The summed E-state index contributed by atoms with van der Waals surface area (Å²) in [6.07, 6.45) is 1.71. The van der Waals surface area contributed by atoms with Crippen molar-refractivity contribution in [2.45, 2.75) is 53.6 Å². The fourth-order valence-corrected chi connectivity index (χ4v) is 1.61. The quantitative estimate of drug-likeness (QED) is 0.841. The van der Waals surface area contributed by atoms with Gasteiger partial charge in [-0.15, -0.1) is 0 Å². The largest absolute Gasteiger partial charge is 0.474 e. The van der Waals surface area contributed by atoms with Crippen LogP contribution in [0.25, 0.3) is 0 Å². The minimum absolute atomic E-state index is 0.145. The van der Waals surface area contributed by atoms with Crippen LogP contribution < -0.4 is 10.1 Å². The second-order valence-electron chi connectivity index (χ2n) is 5.19. The average Bonchev–Trinajstić information content (AvgIpc) is 2.29. The van der Waals surface area contributed by atoms with E-state index in [1.807, 2.05) is 0 Å². The highest BCUT2D eigenvalue weighted by molar-refractivity contribution is 5.50. The summed E-state index contributed by atoms with van der Waals surface area (Å²) in [5.41, 5.74) is 1.06. The molecule has 0 saturated carbocycles. The molecule has 0 aromatic carbocycles. The van der Waals surface area contributed by atoms with E-state index < -0.39 is 0 Å². The third-order valence-electron chi connectivity index (χ3n) is 3.01. The summed E-state index contributed by atoms with van der Waals surface area (Å²) in [4.78, 5) is 8.59. The zero-order chi connectivity index (χ0) is 13.7. The molecule has 0 fully saturated rings. The van der Waals surface area contributed by atoms with Crippen LogP contribution >= 0.6 is 0 Å². The molecule has 0 aliphatic heterocycles. The van der Waals surface area contributed by atoms with E-state index in [0.717, 1.165) is 17.9 Å². The van der Waals surface area contributed by atoms with Gasteiger partial charge in [-0.2, -0.15) is 0 Å². The smallest absolute Gasteiger partial charge is 0.222 e. The van der Waals surface area contributed by atoms with Crippen LogP contribution in [-0.4, -0.2) is 22.6 Å². The Morgan fingerprint density at radius 2 is 1.83 bits per heavy atom. The molecule has 0 aliphatic carbocycles. The number of nitrogens with zero attached hydrogens (tertiary/aromatic N) is 2. The number of hydrogen-bond donors (Lipinski definition) is 1. The SMILES string of the molecule is CCNc1ncnc(OC(C)C(C)C)c1C(C)C. The van der Waals surface area contributed by atoms with E-state index in [-0.39, 0.29) is 6.10 Å². The second-order valence-corrected chi connectivity index (χ2v) is 5.19. The van der Waals surface area contributed by atoms with Crippen LogP contribution in [0.15, 0.2) is 6.33 Å². The van der Waals surface area contributed by atoms with Crippen molar-refractivity contribution in [1.29, 1.82) is 0 Å². The minimum Gasteiger partial charge on any atom is -0.474 e. The molecule has 1 heterocycles. The van der Waals surface area contributed by atoms with Crippen LogP contribution in [0.3, 0.4) is 0 Å². The summed E-state index contributed by atoms with van der Waals surface area (Å²) in [5.74, 6) is 2.38. The lowest BCUT2D eigenvalue weighted by Gasteiger charge is -2.21. The van der Waals surface area contributed by atoms with Gasteiger partial charge in [-0.05, 0) is 25.7 Å². The van der Waals surface area contributed by atoms with Crippen molar-refractivity contribution < 1.29 is 4.74 Å². The standard InChI is InChI=1S/C14H25N3O/c1-7-15-13-12(10(4)5)14(17-8-16-13)18-11(6)9(2)3/h8-11H,7H2,1-6H3,(H,15,16,17). The first-order chi connectivity index (χ1) is 8.47. The number of ether oxygens (including phenoxy) is 1. The van der Waals surface area contributed by atoms with Gasteiger partial charge in [0.2, 0.25) is 5.88 Å². The average molecular weight is 251 g/mol. The molecule has 0 bridgehead atoms. The summed E-state index contributed by atoms with van der Waals surface area (Å²) < 4.78 is 5.96. The molecular weight excluding hydrogens is 226 g/mol. The molecule has 0 radical (unpaired) electrons. The van der Waals surface area contributed by atoms with Gasteiger partial charge in [0, 0.05) is 6.54 Å². The maximum Gasteiger partial charge on any atom is 0.222 e. The number of anilines is 1. The lowest BCUT2D eigenvalue weighted by molar-refractivity contribution is 0.161. The van der Waals surface area contributed by atoms with Crippen molar-refractivity contribution >= 4 is 5.82 Å². The van der Waals surface area contributed by atoms with Crippen molar-refractivity contribution in [2.75, 3.05) is 11.9 Å². The van der Waals surface area contributed by atoms with Gasteiger partial charge in [0.1, 0.15) is 12.1 Å². The van der Waals surface area contributed by atoms with Gasteiger partial charge in [-0.25, -0.2) is 9.97 Å². The summed E-state index contributed by atoms with van der Waals surface area (Å²) in [5, 5.41) is 3.27. The zero-order valence-electron chi connectivity index (χ0n) is 12.3.